The number of hydrogen-bond acceptors (Lipinski definition) is 6. The molecule has 0 saturated carbocycles. The summed E-state index contributed by atoms with van der Waals surface area (Å²) in [5.74, 6) is -0.581. The molecular weight excluding hydrogens is 303 g/mol. The van der Waals surface area contributed by atoms with E-state index in [0.717, 1.165) is 23.6 Å². The minimum absolute atomic E-state index is 0.0346. The Balaban J connectivity index is 1.97. The van der Waals surface area contributed by atoms with E-state index in [2.05, 4.69) is 25.5 Å². The second kappa shape index (κ2) is 5.51. The minimum Gasteiger partial charge on any atom is -0.223 e. The predicted molar refractivity (Wildman–Crippen MR) is 70.3 cm³/mol. The van der Waals surface area contributed by atoms with Gasteiger partial charge in [0.05, 0.1) is 11.9 Å². The average molecular weight is 309 g/mol. The lowest BCUT2D eigenvalue weighted by Crippen LogP contribution is -1.99. The molecule has 0 amide bonds. The van der Waals surface area contributed by atoms with E-state index in [9.17, 15) is 4.39 Å². The maximum absolute atomic E-state index is 13.6. The van der Waals surface area contributed by atoms with Gasteiger partial charge >= 0.3 is 0 Å². The lowest BCUT2D eigenvalue weighted by atomic mass is 10.3. The average Bonchev–Trinajstić information content (AvgIpc) is 2.92. The third-order valence-corrected chi connectivity index (χ3v) is 3.41. The minimum atomic E-state index is -0.581. The van der Waals surface area contributed by atoms with Gasteiger partial charge in [-0.05, 0) is 45.9 Å². The molecule has 0 unspecified atom stereocenters. The first-order valence-electron chi connectivity index (χ1n) is 5.44. The van der Waals surface area contributed by atoms with Crippen LogP contribution < -0.4 is 0 Å². The maximum Gasteiger partial charge on any atom is 0.223 e. The Hall–Kier alpha value is -2.06. The lowest BCUT2D eigenvalue weighted by Gasteiger charge is -2.04. The molecule has 0 fully saturated rings. The molecule has 0 N–H and O–H groups in total. The smallest absolute Gasteiger partial charge is 0.223 e. The van der Waals surface area contributed by atoms with E-state index in [1.54, 1.807) is 0 Å². The van der Waals surface area contributed by atoms with E-state index in [-0.39, 0.29) is 10.3 Å². The van der Waals surface area contributed by atoms with Crippen LogP contribution in [-0.2, 0) is 0 Å². The van der Waals surface area contributed by atoms with Crippen LogP contribution in [0.2, 0.25) is 5.28 Å². The van der Waals surface area contributed by atoms with Crippen LogP contribution in [0.5, 0.6) is 0 Å². The molecule has 9 heteroatoms. The fourth-order valence-electron chi connectivity index (χ4n) is 1.46. The molecule has 6 nitrogen and oxygen atoms in total. The fraction of sp³-hybridized carbons (Fsp3) is 0. The van der Waals surface area contributed by atoms with Gasteiger partial charge in [-0.15, -0.1) is 5.10 Å². The molecule has 2 heterocycles. The van der Waals surface area contributed by atoms with Gasteiger partial charge in [-0.25, -0.2) is 14.4 Å². The maximum atomic E-state index is 13.6. The number of aromatic nitrogens is 6. The summed E-state index contributed by atoms with van der Waals surface area (Å²) < 4.78 is 15.1. The zero-order chi connectivity index (χ0) is 13.9. The van der Waals surface area contributed by atoms with Gasteiger partial charge in [0.1, 0.15) is 5.03 Å². The van der Waals surface area contributed by atoms with Crippen LogP contribution in [0.25, 0.3) is 5.69 Å². The third kappa shape index (κ3) is 2.61. The molecule has 0 spiro atoms. The van der Waals surface area contributed by atoms with Crippen molar-refractivity contribution in [3.8, 4) is 5.69 Å². The van der Waals surface area contributed by atoms with Gasteiger partial charge in [-0.1, -0.05) is 18.2 Å². The highest BCUT2D eigenvalue weighted by Crippen LogP contribution is 2.27. The van der Waals surface area contributed by atoms with Crippen molar-refractivity contribution < 1.29 is 4.39 Å². The Kier molecular flexibility index (Phi) is 3.57. The van der Waals surface area contributed by atoms with E-state index in [0.29, 0.717) is 5.16 Å². The molecule has 20 heavy (non-hydrogen) atoms. The molecule has 0 bridgehead atoms. The number of rotatable bonds is 3. The van der Waals surface area contributed by atoms with Crippen LogP contribution >= 0.6 is 23.4 Å². The molecule has 3 rings (SSSR count). The van der Waals surface area contributed by atoms with E-state index >= 15 is 0 Å². The normalized spacial score (nSPS) is 10.7. The van der Waals surface area contributed by atoms with Crippen molar-refractivity contribution >= 4 is 23.4 Å². The van der Waals surface area contributed by atoms with Crippen molar-refractivity contribution in [3.05, 3.63) is 47.6 Å². The van der Waals surface area contributed by atoms with Crippen LogP contribution in [0, 0.1) is 5.82 Å². The number of nitrogens with zero attached hydrogens (tertiary/aromatic N) is 6. The SMILES string of the molecule is Fc1cnc(Cl)nc1Sc1nnnn1-c1ccccc1. The third-order valence-electron chi connectivity index (χ3n) is 2.31. The van der Waals surface area contributed by atoms with Crippen LogP contribution in [0.3, 0.4) is 0 Å². The Labute approximate surface area is 122 Å². The first kappa shape index (κ1) is 12.9. The van der Waals surface area contributed by atoms with Gasteiger partial charge in [-0.3, -0.25) is 0 Å². The van der Waals surface area contributed by atoms with Gasteiger partial charge in [0.15, 0.2) is 5.82 Å². The quantitative estimate of drug-likeness (QED) is 0.546. The van der Waals surface area contributed by atoms with Crippen molar-refractivity contribution in [3.63, 3.8) is 0 Å². The van der Waals surface area contributed by atoms with Gasteiger partial charge in [0.25, 0.3) is 0 Å². The number of para-hydroxylation sites is 1. The standard InChI is InChI=1S/C11H6ClFN6S/c12-10-14-6-8(13)9(15-10)20-11-16-17-18-19(11)7-4-2-1-3-5-7/h1-6H. The molecule has 100 valence electrons. The van der Waals surface area contributed by atoms with Gasteiger partial charge < -0.3 is 0 Å². The topological polar surface area (TPSA) is 69.4 Å². The van der Waals surface area contributed by atoms with Crippen molar-refractivity contribution in [1.29, 1.82) is 0 Å². The number of tetrazole rings is 1. The Bertz CT molecular complexity index is 735. The van der Waals surface area contributed by atoms with Crippen LogP contribution in [0.1, 0.15) is 0 Å². The molecule has 0 aliphatic heterocycles. The van der Waals surface area contributed by atoms with E-state index in [1.807, 2.05) is 30.3 Å². The monoisotopic (exact) mass is 308 g/mol. The predicted octanol–water partition coefficient (Wildman–Crippen LogP) is 2.40. The molecular formula is C11H6ClFN6S. The highest BCUT2D eigenvalue weighted by Gasteiger charge is 2.14. The van der Waals surface area contributed by atoms with E-state index < -0.39 is 5.82 Å². The summed E-state index contributed by atoms with van der Waals surface area (Å²) in [6.07, 6.45) is 1.01. The number of halogens is 2. The molecule has 0 aliphatic carbocycles. The zero-order valence-corrected chi connectivity index (χ0v) is 11.4. The van der Waals surface area contributed by atoms with Crippen molar-refractivity contribution in [1.82, 2.24) is 30.2 Å². The Morgan fingerprint density at radius 2 is 2.00 bits per heavy atom. The Morgan fingerprint density at radius 1 is 1.20 bits per heavy atom. The summed E-state index contributed by atoms with van der Waals surface area (Å²) >= 11 is 6.63. The second-order valence-corrected chi connectivity index (χ2v) is 4.90. The largest absolute Gasteiger partial charge is 0.223 e. The molecule has 2 aromatic heterocycles. The van der Waals surface area contributed by atoms with E-state index in [1.165, 1.54) is 4.68 Å². The second-order valence-electron chi connectivity index (χ2n) is 3.60. The molecule has 0 atom stereocenters. The summed E-state index contributed by atoms with van der Waals surface area (Å²) in [6.45, 7) is 0. The van der Waals surface area contributed by atoms with Crippen LogP contribution in [-0.4, -0.2) is 30.2 Å². The van der Waals surface area contributed by atoms with E-state index in [4.69, 9.17) is 11.6 Å². The lowest BCUT2D eigenvalue weighted by molar-refractivity contribution is 0.578. The molecule has 0 aliphatic rings. The van der Waals surface area contributed by atoms with Crippen LogP contribution in [0.15, 0.2) is 46.7 Å². The highest BCUT2D eigenvalue weighted by atomic mass is 35.5. The summed E-state index contributed by atoms with van der Waals surface area (Å²) in [4.78, 5) is 7.37. The molecule has 1 aromatic carbocycles. The van der Waals surface area contributed by atoms with Crippen molar-refractivity contribution in [2.45, 2.75) is 10.2 Å². The summed E-state index contributed by atoms with van der Waals surface area (Å²) in [5.41, 5.74) is 0.764. The first-order valence-corrected chi connectivity index (χ1v) is 6.63. The molecule has 0 saturated heterocycles. The van der Waals surface area contributed by atoms with Crippen LogP contribution in [0.4, 0.5) is 4.39 Å². The molecule has 3 aromatic rings. The number of benzene rings is 1. The zero-order valence-electron chi connectivity index (χ0n) is 9.81. The molecule has 0 radical (unpaired) electrons. The van der Waals surface area contributed by atoms with Gasteiger partial charge in [0.2, 0.25) is 10.4 Å². The van der Waals surface area contributed by atoms with Crippen molar-refractivity contribution in [2.24, 2.45) is 0 Å². The Morgan fingerprint density at radius 3 is 2.80 bits per heavy atom. The van der Waals surface area contributed by atoms with Gasteiger partial charge in [0, 0.05) is 0 Å². The summed E-state index contributed by atoms with van der Waals surface area (Å²) in [6, 6.07) is 9.26. The highest BCUT2D eigenvalue weighted by molar-refractivity contribution is 7.99. The van der Waals surface area contributed by atoms with Gasteiger partial charge in [-0.2, -0.15) is 4.68 Å². The summed E-state index contributed by atoms with van der Waals surface area (Å²) in [7, 11) is 0. The number of hydrogen-bond donors (Lipinski definition) is 0. The fourth-order valence-corrected chi connectivity index (χ4v) is 2.41. The first-order chi connectivity index (χ1) is 9.74. The summed E-state index contributed by atoms with van der Waals surface area (Å²) in [5, 5.41) is 11.7. The van der Waals surface area contributed by atoms with Crippen molar-refractivity contribution in [2.75, 3.05) is 0 Å².